The van der Waals surface area contributed by atoms with Crippen LogP contribution in [0.15, 0.2) is 59.1 Å². The molecule has 1 fully saturated rings. The number of carbonyl (C=O) groups is 2. The predicted octanol–water partition coefficient (Wildman–Crippen LogP) is 4.04. The van der Waals surface area contributed by atoms with Crippen LogP contribution in [-0.4, -0.2) is 46.7 Å². The van der Waals surface area contributed by atoms with Gasteiger partial charge in [-0.3, -0.25) is 4.79 Å². The normalized spacial score (nSPS) is 15.3. The van der Waals surface area contributed by atoms with Crippen molar-refractivity contribution >= 4 is 12.1 Å². The Morgan fingerprint density at radius 1 is 1.06 bits per heavy atom. The third kappa shape index (κ3) is 3.67. The van der Waals surface area contributed by atoms with Crippen molar-refractivity contribution in [3.05, 3.63) is 77.5 Å². The summed E-state index contributed by atoms with van der Waals surface area (Å²) in [4.78, 5) is 29.1. The number of nitrogens with zero attached hydrogens (tertiary/aromatic N) is 2. The van der Waals surface area contributed by atoms with Crippen molar-refractivity contribution in [1.29, 1.82) is 0 Å². The fourth-order valence-corrected chi connectivity index (χ4v) is 4.33. The van der Waals surface area contributed by atoms with Gasteiger partial charge >= 0.3 is 12.1 Å². The molecular formula is C24H22N2O5. The van der Waals surface area contributed by atoms with Crippen molar-refractivity contribution in [2.24, 2.45) is 0 Å². The molecule has 31 heavy (non-hydrogen) atoms. The first-order valence-corrected chi connectivity index (χ1v) is 10.4. The molecule has 1 N–H and O–H groups in total. The molecule has 0 unspecified atom stereocenters. The molecular weight excluding hydrogens is 396 g/mol. The van der Waals surface area contributed by atoms with E-state index in [0.717, 1.165) is 0 Å². The summed E-state index contributed by atoms with van der Waals surface area (Å²) in [6.45, 7) is 1.26. The van der Waals surface area contributed by atoms with E-state index in [2.05, 4.69) is 29.2 Å². The van der Waals surface area contributed by atoms with E-state index in [1.165, 1.54) is 22.3 Å². The van der Waals surface area contributed by atoms with Crippen molar-refractivity contribution in [3.8, 4) is 11.1 Å². The lowest BCUT2D eigenvalue weighted by atomic mass is 9.98. The fraction of sp³-hybridized carbons (Fsp3) is 0.292. The number of carboxylic acid groups (broad SMARTS) is 1. The zero-order valence-corrected chi connectivity index (χ0v) is 16.9. The molecule has 5 rings (SSSR count). The molecule has 1 aliphatic carbocycles. The summed E-state index contributed by atoms with van der Waals surface area (Å²) in [7, 11) is 0. The predicted molar refractivity (Wildman–Crippen MR) is 112 cm³/mol. The molecule has 0 radical (unpaired) electrons. The van der Waals surface area contributed by atoms with Gasteiger partial charge in [-0.15, -0.1) is 0 Å². The van der Waals surface area contributed by atoms with E-state index < -0.39 is 5.97 Å². The van der Waals surface area contributed by atoms with Gasteiger partial charge in [-0.25, -0.2) is 9.78 Å². The van der Waals surface area contributed by atoms with Crippen LogP contribution in [0.5, 0.6) is 0 Å². The Hall–Kier alpha value is -3.61. The Morgan fingerprint density at radius 2 is 1.71 bits per heavy atom. The lowest BCUT2D eigenvalue weighted by Crippen LogP contribution is -2.49. The largest absolute Gasteiger partial charge is 0.481 e. The highest BCUT2D eigenvalue weighted by Crippen LogP contribution is 2.44. The van der Waals surface area contributed by atoms with E-state index in [9.17, 15) is 9.59 Å². The topological polar surface area (TPSA) is 92.9 Å². The molecule has 7 heteroatoms. The van der Waals surface area contributed by atoms with Gasteiger partial charge in [0.15, 0.2) is 0 Å². The third-order valence-electron chi connectivity index (χ3n) is 5.98. The molecule has 1 amide bonds. The summed E-state index contributed by atoms with van der Waals surface area (Å²) in [6, 6.07) is 16.5. The number of amides is 1. The number of likely N-dealkylation sites (tertiary alicyclic amines) is 1. The molecule has 158 valence electrons. The van der Waals surface area contributed by atoms with Crippen molar-refractivity contribution in [2.75, 3.05) is 19.7 Å². The van der Waals surface area contributed by atoms with Crippen LogP contribution in [0.3, 0.4) is 0 Å². The minimum Gasteiger partial charge on any atom is -0.481 e. The number of oxazole rings is 1. The second-order valence-electron chi connectivity index (χ2n) is 7.96. The van der Waals surface area contributed by atoms with Crippen LogP contribution in [0.25, 0.3) is 11.1 Å². The molecule has 1 saturated heterocycles. The van der Waals surface area contributed by atoms with Gasteiger partial charge in [-0.2, -0.15) is 0 Å². The second-order valence-corrected chi connectivity index (χ2v) is 7.96. The second kappa shape index (κ2) is 7.91. The van der Waals surface area contributed by atoms with E-state index in [1.54, 1.807) is 11.1 Å². The van der Waals surface area contributed by atoms with E-state index in [0.29, 0.717) is 37.8 Å². The molecule has 2 aliphatic rings. The molecule has 7 nitrogen and oxygen atoms in total. The minimum absolute atomic E-state index is 0.00513. The first-order chi connectivity index (χ1) is 15.1. The number of benzene rings is 2. The number of carboxylic acids is 1. The first-order valence-electron chi connectivity index (χ1n) is 10.4. The number of aromatic nitrogens is 1. The molecule has 0 bridgehead atoms. The standard InChI is InChI=1S/C24H22N2O5/c27-22(28)10-9-16-11-25-23(31-16)15-12-26(13-15)24(29)30-14-21-19-7-3-1-5-17(19)18-6-2-4-8-20(18)21/h1-8,11,15,21H,9-10,12-14H2,(H,27,28). The van der Waals surface area contributed by atoms with Gasteiger partial charge in [-0.1, -0.05) is 48.5 Å². The van der Waals surface area contributed by atoms with Crippen LogP contribution >= 0.6 is 0 Å². The number of rotatable bonds is 6. The lowest BCUT2D eigenvalue weighted by Gasteiger charge is -2.36. The number of fused-ring (bicyclic) bond motifs is 3. The van der Waals surface area contributed by atoms with E-state index >= 15 is 0 Å². The van der Waals surface area contributed by atoms with Gasteiger partial charge in [0, 0.05) is 25.4 Å². The highest BCUT2D eigenvalue weighted by Gasteiger charge is 2.37. The molecule has 1 aliphatic heterocycles. The Morgan fingerprint density at radius 3 is 2.35 bits per heavy atom. The average molecular weight is 418 g/mol. The number of ether oxygens (including phenoxy) is 1. The zero-order valence-electron chi connectivity index (χ0n) is 16.9. The summed E-state index contributed by atoms with van der Waals surface area (Å²) < 4.78 is 11.3. The Bertz CT molecular complexity index is 1090. The van der Waals surface area contributed by atoms with Gasteiger partial charge in [0.25, 0.3) is 0 Å². The summed E-state index contributed by atoms with van der Waals surface area (Å²) in [5, 5.41) is 8.76. The first kappa shape index (κ1) is 19.4. The van der Waals surface area contributed by atoms with Crippen molar-refractivity contribution in [2.45, 2.75) is 24.7 Å². The number of hydrogen-bond acceptors (Lipinski definition) is 5. The smallest absolute Gasteiger partial charge is 0.409 e. The van der Waals surface area contributed by atoms with E-state index in [1.807, 2.05) is 24.3 Å². The maximum absolute atomic E-state index is 12.6. The third-order valence-corrected chi connectivity index (χ3v) is 5.98. The Balaban J connectivity index is 1.17. The Kier molecular flexibility index (Phi) is 4.94. The maximum Gasteiger partial charge on any atom is 0.409 e. The number of carbonyl (C=O) groups excluding carboxylic acids is 1. The SMILES string of the molecule is O=C(O)CCc1cnc(C2CN(C(=O)OCC3c4ccccc4-c4ccccc43)C2)o1. The summed E-state index contributed by atoms with van der Waals surface area (Å²) in [6.07, 6.45) is 1.54. The molecule has 0 spiro atoms. The monoisotopic (exact) mass is 418 g/mol. The number of aryl methyl sites for hydroxylation is 1. The van der Waals surface area contributed by atoms with Crippen molar-refractivity contribution in [3.63, 3.8) is 0 Å². The van der Waals surface area contributed by atoms with Crippen molar-refractivity contribution in [1.82, 2.24) is 9.88 Å². The maximum atomic E-state index is 12.6. The summed E-state index contributed by atoms with van der Waals surface area (Å²) in [5.41, 5.74) is 4.77. The van der Waals surface area contributed by atoms with E-state index in [-0.39, 0.29) is 24.3 Å². The van der Waals surface area contributed by atoms with E-state index in [4.69, 9.17) is 14.3 Å². The summed E-state index contributed by atoms with van der Waals surface area (Å²) in [5.74, 6) is 0.277. The van der Waals surface area contributed by atoms with Crippen LogP contribution in [0.1, 0.15) is 41.0 Å². The van der Waals surface area contributed by atoms with Gasteiger partial charge in [0.1, 0.15) is 12.4 Å². The van der Waals surface area contributed by atoms with Crippen molar-refractivity contribution < 1.29 is 23.8 Å². The van der Waals surface area contributed by atoms with Gasteiger partial charge in [0.2, 0.25) is 5.89 Å². The number of hydrogen-bond donors (Lipinski definition) is 1. The van der Waals surface area contributed by atoms with Gasteiger partial charge in [-0.05, 0) is 22.3 Å². The van der Waals surface area contributed by atoms with Crippen LogP contribution in [0.4, 0.5) is 4.79 Å². The summed E-state index contributed by atoms with van der Waals surface area (Å²) >= 11 is 0. The molecule has 3 aromatic rings. The van der Waals surface area contributed by atoms with Gasteiger partial charge in [0.05, 0.1) is 18.5 Å². The van der Waals surface area contributed by atoms with Crippen LogP contribution < -0.4 is 0 Å². The minimum atomic E-state index is -0.872. The Labute approximate surface area is 179 Å². The molecule has 2 aromatic carbocycles. The molecule has 1 aromatic heterocycles. The number of aliphatic carboxylic acids is 1. The quantitative estimate of drug-likeness (QED) is 0.649. The zero-order chi connectivity index (χ0) is 21.4. The molecule has 0 atom stereocenters. The van der Waals surface area contributed by atoms with Crippen LogP contribution in [0, 0.1) is 0 Å². The van der Waals surface area contributed by atoms with Crippen LogP contribution in [-0.2, 0) is 16.0 Å². The molecule has 2 heterocycles. The highest BCUT2D eigenvalue weighted by molar-refractivity contribution is 5.79. The molecule has 0 saturated carbocycles. The fourth-order valence-electron chi connectivity index (χ4n) is 4.33. The van der Waals surface area contributed by atoms with Crippen LogP contribution in [0.2, 0.25) is 0 Å². The highest BCUT2D eigenvalue weighted by atomic mass is 16.6. The average Bonchev–Trinajstić information content (AvgIpc) is 3.32. The van der Waals surface area contributed by atoms with Gasteiger partial charge < -0.3 is 19.2 Å². The lowest BCUT2D eigenvalue weighted by molar-refractivity contribution is -0.137.